The lowest BCUT2D eigenvalue weighted by atomic mass is 9.77. The molecule has 0 aromatic heterocycles. The van der Waals surface area contributed by atoms with Crippen LogP contribution in [0.1, 0.15) is 44.1 Å². The Morgan fingerprint density at radius 2 is 2.08 bits per heavy atom. The van der Waals surface area contributed by atoms with E-state index in [9.17, 15) is 9.18 Å². The molecule has 3 rings (SSSR count). The number of amides is 1. The minimum atomic E-state index is -0.496. The second-order valence-corrected chi connectivity index (χ2v) is 7.12. The van der Waals surface area contributed by atoms with Crippen LogP contribution < -0.4 is 5.32 Å². The van der Waals surface area contributed by atoms with E-state index in [4.69, 9.17) is 0 Å². The van der Waals surface area contributed by atoms with Crippen molar-refractivity contribution in [1.82, 2.24) is 10.2 Å². The highest BCUT2D eigenvalue weighted by Gasteiger charge is 2.45. The second-order valence-electron chi connectivity index (χ2n) is 7.12. The monoisotopic (exact) mass is 354 g/mol. The van der Waals surface area contributed by atoms with Crippen LogP contribution >= 0.6 is 12.4 Å². The molecule has 1 aliphatic heterocycles. The van der Waals surface area contributed by atoms with Gasteiger partial charge < -0.3 is 10.2 Å². The zero-order valence-corrected chi connectivity index (χ0v) is 15.2. The predicted octanol–water partition coefficient (Wildman–Crippen LogP) is 3.52. The normalized spacial score (nSPS) is 22.9. The van der Waals surface area contributed by atoms with E-state index in [1.54, 1.807) is 12.1 Å². The number of rotatable bonds is 4. The van der Waals surface area contributed by atoms with Crippen LogP contribution in [0, 0.1) is 11.7 Å². The van der Waals surface area contributed by atoms with Crippen molar-refractivity contribution in [2.24, 2.45) is 5.92 Å². The molecule has 1 unspecified atom stereocenters. The van der Waals surface area contributed by atoms with Crippen molar-refractivity contribution in [2.45, 2.75) is 43.9 Å². The van der Waals surface area contributed by atoms with E-state index in [2.05, 4.69) is 5.32 Å². The summed E-state index contributed by atoms with van der Waals surface area (Å²) in [5.74, 6) is 0.512. The fraction of sp³-hybridized carbons (Fsp3) is 0.632. The molecule has 3 nitrogen and oxygen atoms in total. The van der Waals surface area contributed by atoms with Crippen molar-refractivity contribution in [1.29, 1.82) is 0 Å². The maximum Gasteiger partial charge on any atom is 0.233 e. The van der Waals surface area contributed by atoms with E-state index in [1.807, 2.05) is 18.0 Å². The first kappa shape index (κ1) is 19.2. The van der Waals surface area contributed by atoms with E-state index in [1.165, 1.54) is 12.5 Å². The van der Waals surface area contributed by atoms with Gasteiger partial charge in [0.1, 0.15) is 5.82 Å². The van der Waals surface area contributed by atoms with Crippen LogP contribution in [0.3, 0.4) is 0 Å². The van der Waals surface area contributed by atoms with Gasteiger partial charge in [0.05, 0.1) is 5.41 Å². The highest BCUT2D eigenvalue weighted by molar-refractivity contribution is 5.88. The molecular formula is C19H28ClFN2O. The van der Waals surface area contributed by atoms with Crippen LogP contribution in [0.15, 0.2) is 24.3 Å². The zero-order chi connectivity index (χ0) is 16.3. The Bertz CT molecular complexity index is 558. The summed E-state index contributed by atoms with van der Waals surface area (Å²) < 4.78 is 13.7. The van der Waals surface area contributed by atoms with Gasteiger partial charge in [-0.1, -0.05) is 25.0 Å². The minimum Gasteiger partial charge on any atom is -0.342 e. The lowest BCUT2D eigenvalue weighted by Crippen LogP contribution is -2.50. The first-order valence-corrected chi connectivity index (χ1v) is 8.86. The summed E-state index contributed by atoms with van der Waals surface area (Å²) in [5.41, 5.74) is 0.375. The number of hydrogen-bond donors (Lipinski definition) is 1. The van der Waals surface area contributed by atoms with Gasteiger partial charge in [0.2, 0.25) is 5.91 Å². The third-order valence-electron chi connectivity index (χ3n) is 5.54. The molecule has 1 amide bonds. The summed E-state index contributed by atoms with van der Waals surface area (Å²) in [5, 5.41) is 3.23. The minimum absolute atomic E-state index is 0. The van der Waals surface area contributed by atoms with Crippen molar-refractivity contribution in [2.75, 3.05) is 26.7 Å². The summed E-state index contributed by atoms with van der Waals surface area (Å²) in [6.45, 7) is 2.63. The van der Waals surface area contributed by atoms with Gasteiger partial charge in [-0.05, 0) is 62.9 Å². The molecule has 2 aliphatic rings. The number of nitrogens with zero attached hydrogens (tertiary/aromatic N) is 1. The summed E-state index contributed by atoms with van der Waals surface area (Å²) in [6.07, 6.45) is 6.05. The highest BCUT2D eigenvalue weighted by Crippen LogP contribution is 2.43. The number of piperidine rings is 1. The Balaban J connectivity index is 0.00000208. The van der Waals surface area contributed by atoms with Crippen LogP contribution in [-0.2, 0) is 10.2 Å². The average Bonchev–Trinajstić information content (AvgIpc) is 3.06. The SMILES string of the molecule is CNCC1CCCN(C(=O)C2(c3cccc(F)c3)CCCC2)C1.Cl. The molecule has 1 saturated carbocycles. The number of carbonyl (C=O) groups excluding carboxylic acids is 1. The second kappa shape index (κ2) is 8.30. The van der Waals surface area contributed by atoms with Gasteiger partial charge in [0.25, 0.3) is 0 Å². The number of hydrogen-bond acceptors (Lipinski definition) is 2. The molecule has 0 radical (unpaired) electrons. The van der Waals surface area contributed by atoms with Crippen LogP contribution in [0.2, 0.25) is 0 Å². The van der Waals surface area contributed by atoms with Crippen molar-refractivity contribution in [3.05, 3.63) is 35.6 Å². The molecule has 2 fully saturated rings. The van der Waals surface area contributed by atoms with Gasteiger partial charge in [-0.3, -0.25) is 4.79 Å². The smallest absolute Gasteiger partial charge is 0.233 e. The summed E-state index contributed by atoms with van der Waals surface area (Å²) in [4.78, 5) is 15.4. The topological polar surface area (TPSA) is 32.3 Å². The molecule has 1 aromatic carbocycles. The Labute approximate surface area is 150 Å². The number of benzene rings is 1. The number of likely N-dealkylation sites (tertiary alicyclic amines) is 1. The fourth-order valence-electron chi connectivity index (χ4n) is 4.40. The van der Waals surface area contributed by atoms with Crippen LogP contribution in [0.4, 0.5) is 4.39 Å². The third-order valence-corrected chi connectivity index (χ3v) is 5.54. The van der Waals surface area contributed by atoms with Crippen molar-refractivity contribution < 1.29 is 9.18 Å². The molecule has 0 bridgehead atoms. The Morgan fingerprint density at radius 1 is 1.33 bits per heavy atom. The van der Waals surface area contributed by atoms with Gasteiger partial charge in [-0.2, -0.15) is 0 Å². The lowest BCUT2D eigenvalue weighted by molar-refractivity contribution is -0.139. The molecule has 0 spiro atoms. The van der Waals surface area contributed by atoms with E-state index in [0.717, 1.165) is 57.3 Å². The van der Waals surface area contributed by atoms with Gasteiger partial charge in [-0.15, -0.1) is 12.4 Å². The molecule has 1 heterocycles. The quantitative estimate of drug-likeness (QED) is 0.897. The first-order chi connectivity index (χ1) is 11.2. The van der Waals surface area contributed by atoms with Crippen LogP contribution in [0.25, 0.3) is 0 Å². The van der Waals surface area contributed by atoms with Crippen molar-refractivity contribution in [3.63, 3.8) is 0 Å². The van der Waals surface area contributed by atoms with Gasteiger partial charge in [0.15, 0.2) is 0 Å². The Morgan fingerprint density at radius 3 is 2.75 bits per heavy atom. The molecule has 1 saturated heterocycles. The van der Waals surface area contributed by atoms with Crippen molar-refractivity contribution >= 4 is 18.3 Å². The van der Waals surface area contributed by atoms with Gasteiger partial charge in [0, 0.05) is 13.1 Å². The first-order valence-electron chi connectivity index (χ1n) is 8.86. The van der Waals surface area contributed by atoms with E-state index < -0.39 is 5.41 Å². The molecule has 5 heteroatoms. The maximum atomic E-state index is 13.7. The summed E-state index contributed by atoms with van der Waals surface area (Å²) in [7, 11) is 1.96. The maximum absolute atomic E-state index is 13.7. The molecule has 24 heavy (non-hydrogen) atoms. The molecule has 1 aliphatic carbocycles. The van der Waals surface area contributed by atoms with Crippen molar-refractivity contribution in [3.8, 4) is 0 Å². The number of halogens is 2. The standard InChI is InChI=1S/C19H27FN2O.ClH/c1-21-13-15-6-5-11-22(14-15)18(23)19(9-2-3-10-19)16-7-4-8-17(20)12-16;/h4,7-8,12,15,21H,2-3,5-6,9-11,13-14H2,1H3;1H. The third kappa shape index (κ3) is 3.75. The predicted molar refractivity (Wildman–Crippen MR) is 97.0 cm³/mol. The number of carbonyl (C=O) groups is 1. The Kier molecular flexibility index (Phi) is 6.64. The summed E-state index contributed by atoms with van der Waals surface area (Å²) >= 11 is 0. The van der Waals surface area contributed by atoms with Crippen LogP contribution in [-0.4, -0.2) is 37.5 Å². The lowest BCUT2D eigenvalue weighted by Gasteiger charge is -2.39. The average molecular weight is 355 g/mol. The molecule has 1 aromatic rings. The van der Waals surface area contributed by atoms with Gasteiger partial charge >= 0.3 is 0 Å². The highest BCUT2D eigenvalue weighted by atomic mass is 35.5. The fourth-order valence-corrected chi connectivity index (χ4v) is 4.40. The van der Waals surface area contributed by atoms with E-state index >= 15 is 0 Å². The molecular weight excluding hydrogens is 327 g/mol. The van der Waals surface area contributed by atoms with Gasteiger partial charge in [-0.25, -0.2) is 4.39 Å². The molecule has 134 valence electrons. The van der Waals surface area contributed by atoms with Crippen LogP contribution in [0.5, 0.6) is 0 Å². The number of nitrogens with one attached hydrogen (secondary N) is 1. The molecule has 1 atom stereocenters. The Hall–Kier alpha value is -1.13. The van der Waals surface area contributed by atoms with E-state index in [-0.39, 0.29) is 24.1 Å². The largest absolute Gasteiger partial charge is 0.342 e. The van der Waals surface area contributed by atoms with E-state index in [0.29, 0.717) is 5.92 Å². The molecule has 1 N–H and O–H groups in total. The zero-order valence-electron chi connectivity index (χ0n) is 14.4. The summed E-state index contributed by atoms with van der Waals surface area (Å²) in [6, 6.07) is 6.69.